The molecule has 3 nitrogen and oxygen atoms in total. The Labute approximate surface area is 117 Å². The minimum absolute atomic E-state index is 0.196. The van der Waals surface area contributed by atoms with Gasteiger partial charge in [0.25, 0.3) is 0 Å². The summed E-state index contributed by atoms with van der Waals surface area (Å²) in [5.41, 5.74) is 1.26. The van der Waals surface area contributed by atoms with E-state index in [0.717, 1.165) is 30.2 Å². The lowest BCUT2D eigenvalue weighted by atomic mass is 10.1. The Bertz CT molecular complexity index is 506. The average Bonchev–Trinajstić information content (AvgIpc) is 3.08. The molecule has 0 aromatic heterocycles. The number of hydrogen-bond donors (Lipinski definition) is 1. The van der Waals surface area contributed by atoms with Crippen molar-refractivity contribution < 1.29 is 8.42 Å². The van der Waals surface area contributed by atoms with Crippen molar-refractivity contribution in [3.63, 3.8) is 0 Å². The van der Waals surface area contributed by atoms with Gasteiger partial charge in [0.2, 0.25) is 10.0 Å². The molecule has 0 radical (unpaired) electrons. The molecule has 0 unspecified atom stereocenters. The van der Waals surface area contributed by atoms with Crippen molar-refractivity contribution in [2.45, 2.75) is 31.1 Å². The van der Waals surface area contributed by atoms with Crippen LogP contribution >= 0.6 is 15.9 Å². The van der Waals surface area contributed by atoms with E-state index in [1.807, 2.05) is 19.1 Å². The second-order valence-electron chi connectivity index (χ2n) is 5.08. The zero-order valence-corrected chi connectivity index (χ0v) is 12.9. The molecule has 0 bridgehead atoms. The average molecular weight is 332 g/mol. The maximum atomic E-state index is 12.1. The zero-order valence-electron chi connectivity index (χ0n) is 10.4. The van der Waals surface area contributed by atoms with Crippen LogP contribution in [0.3, 0.4) is 0 Å². The summed E-state index contributed by atoms with van der Waals surface area (Å²) in [4.78, 5) is 0.350. The molecule has 1 fully saturated rings. The number of alkyl halides is 1. The van der Waals surface area contributed by atoms with Gasteiger partial charge in [-0.15, -0.1) is 0 Å². The van der Waals surface area contributed by atoms with Gasteiger partial charge in [0.1, 0.15) is 0 Å². The van der Waals surface area contributed by atoms with Crippen LogP contribution in [-0.2, 0) is 10.0 Å². The van der Waals surface area contributed by atoms with Gasteiger partial charge in [0, 0.05) is 11.9 Å². The number of halogens is 1. The van der Waals surface area contributed by atoms with Crippen molar-refractivity contribution in [1.29, 1.82) is 0 Å². The Hall–Kier alpha value is -0.390. The molecule has 0 saturated heterocycles. The largest absolute Gasteiger partial charge is 0.240 e. The summed E-state index contributed by atoms with van der Waals surface area (Å²) in [6, 6.07) is 6.95. The minimum atomic E-state index is -3.35. The lowest BCUT2D eigenvalue weighted by Crippen LogP contribution is -2.30. The van der Waals surface area contributed by atoms with E-state index < -0.39 is 10.0 Å². The molecule has 2 rings (SSSR count). The molecule has 1 aliphatic rings. The molecule has 18 heavy (non-hydrogen) atoms. The summed E-state index contributed by atoms with van der Waals surface area (Å²) in [6.07, 6.45) is 3.27. The molecule has 100 valence electrons. The van der Waals surface area contributed by atoms with Crippen LogP contribution in [-0.4, -0.2) is 20.3 Å². The zero-order chi connectivity index (χ0) is 13.2. The summed E-state index contributed by atoms with van der Waals surface area (Å²) < 4.78 is 26.9. The minimum Gasteiger partial charge on any atom is -0.211 e. The van der Waals surface area contributed by atoms with Crippen molar-refractivity contribution in [3.8, 4) is 0 Å². The predicted octanol–water partition coefficient (Wildman–Crippen LogP) is 2.84. The second-order valence-corrected chi connectivity index (χ2v) is 7.64. The molecule has 5 heteroatoms. The quantitative estimate of drug-likeness (QED) is 0.814. The van der Waals surface area contributed by atoms with E-state index in [-0.39, 0.29) is 5.41 Å². The highest BCUT2D eigenvalue weighted by Gasteiger charge is 2.42. The van der Waals surface area contributed by atoms with E-state index in [0.29, 0.717) is 11.4 Å². The van der Waals surface area contributed by atoms with Gasteiger partial charge >= 0.3 is 0 Å². The van der Waals surface area contributed by atoms with Gasteiger partial charge in [0.05, 0.1) is 4.90 Å². The Balaban J connectivity index is 2.02. The maximum Gasteiger partial charge on any atom is 0.240 e. The van der Waals surface area contributed by atoms with Gasteiger partial charge in [-0.3, -0.25) is 0 Å². The third kappa shape index (κ3) is 3.33. The molecule has 0 heterocycles. The first-order chi connectivity index (χ1) is 8.47. The molecule has 1 N–H and O–H groups in total. The summed E-state index contributed by atoms with van der Waals surface area (Å²) >= 11 is 3.42. The lowest BCUT2D eigenvalue weighted by Gasteiger charge is -2.14. The molecular formula is C13H18BrNO2S. The van der Waals surface area contributed by atoms with Gasteiger partial charge in [0.15, 0.2) is 0 Å². The summed E-state index contributed by atoms with van der Waals surface area (Å²) in [5, 5.41) is 0.930. The number of hydrogen-bond acceptors (Lipinski definition) is 2. The first-order valence-corrected chi connectivity index (χ1v) is 8.70. The third-order valence-electron chi connectivity index (χ3n) is 3.55. The highest BCUT2D eigenvalue weighted by atomic mass is 79.9. The summed E-state index contributed by atoms with van der Waals surface area (Å²) in [7, 11) is -3.35. The third-order valence-corrected chi connectivity index (χ3v) is 5.36. The van der Waals surface area contributed by atoms with Gasteiger partial charge in [-0.1, -0.05) is 33.6 Å². The number of sulfonamides is 1. The fourth-order valence-electron chi connectivity index (χ4n) is 1.94. The highest BCUT2D eigenvalue weighted by Crippen LogP contribution is 2.48. The van der Waals surface area contributed by atoms with E-state index in [1.165, 1.54) is 0 Å². The molecule has 1 aromatic carbocycles. The Morgan fingerprint density at radius 1 is 1.28 bits per heavy atom. The fourth-order valence-corrected chi connectivity index (χ4v) is 3.94. The van der Waals surface area contributed by atoms with Crippen LogP contribution in [0.25, 0.3) is 0 Å². The van der Waals surface area contributed by atoms with Crippen LogP contribution < -0.4 is 4.72 Å². The topological polar surface area (TPSA) is 46.2 Å². The second kappa shape index (κ2) is 5.31. The van der Waals surface area contributed by atoms with E-state index in [2.05, 4.69) is 20.7 Å². The van der Waals surface area contributed by atoms with Crippen molar-refractivity contribution in [2.75, 3.05) is 11.9 Å². The van der Waals surface area contributed by atoms with Crippen molar-refractivity contribution in [1.82, 2.24) is 4.72 Å². The van der Waals surface area contributed by atoms with Crippen LogP contribution in [0.5, 0.6) is 0 Å². The van der Waals surface area contributed by atoms with Crippen molar-refractivity contribution in [2.24, 2.45) is 5.41 Å². The molecule has 1 aliphatic carbocycles. The molecule has 0 amide bonds. The van der Waals surface area contributed by atoms with Crippen LogP contribution in [0, 0.1) is 12.3 Å². The highest BCUT2D eigenvalue weighted by molar-refractivity contribution is 9.09. The first-order valence-electron chi connectivity index (χ1n) is 6.10. The van der Waals surface area contributed by atoms with Crippen LogP contribution in [0.2, 0.25) is 0 Å². The molecule has 1 aromatic rings. The molecule has 0 aliphatic heterocycles. The maximum absolute atomic E-state index is 12.1. The molecule has 0 spiro atoms. The lowest BCUT2D eigenvalue weighted by molar-refractivity contribution is 0.480. The van der Waals surface area contributed by atoms with Crippen LogP contribution in [0.4, 0.5) is 0 Å². The predicted molar refractivity (Wildman–Crippen MR) is 76.4 cm³/mol. The SMILES string of the molecule is Cc1ccc(S(=O)(=O)NCC2(CCBr)CC2)cc1. The number of rotatable bonds is 6. The number of aryl methyl sites for hydroxylation is 1. The van der Waals surface area contributed by atoms with Gasteiger partial charge in [-0.2, -0.15) is 0 Å². The summed E-state index contributed by atoms with van der Waals surface area (Å²) in [5.74, 6) is 0. The van der Waals surface area contributed by atoms with Crippen molar-refractivity contribution >= 4 is 26.0 Å². The van der Waals surface area contributed by atoms with E-state index in [9.17, 15) is 8.42 Å². The Morgan fingerprint density at radius 3 is 2.39 bits per heavy atom. The number of benzene rings is 1. The monoisotopic (exact) mass is 331 g/mol. The fraction of sp³-hybridized carbons (Fsp3) is 0.538. The van der Waals surface area contributed by atoms with Gasteiger partial charge < -0.3 is 0 Å². The molecule has 1 saturated carbocycles. The number of nitrogens with one attached hydrogen (secondary N) is 1. The van der Waals surface area contributed by atoms with E-state index in [4.69, 9.17) is 0 Å². The van der Waals surface area contributed by atoms with Gasteiger partial charge in [-0.25, -0.2) is 13.1 Å². The standard InChI is InChI=1S/C13H18BrNO2S/c1-11-2-4-12(5-3-11)18(16,17)15-10-13(6-7-13)8-9-14/h2-5,15H,6-10H2,1H3. The normalized spacial score (nSPS) is 17.7. The smallest absolute Gasteiger partial charge is 0.211 e. The first kappa shape index (κ1) is 14.0. The van der Waals surface area contributed by atoms with Gasteiger partial charge in [-0.05, 0) is 43.7 Å². The molecular weight excluding hydrogens is 314 g/mol. The summed E-state index contributed by atoms with van der Waals surface area (Å²) in [6.45, 7) is 2.49. The van der Waals surface area contributed by atoms with Crippen LogP contribution in [0.1, 0.15) is 24.8 Å². The van der Waals surface area contributed by atoms with E-state index >= 15 is 0 Å². The Kier molecular flexibility index (Phi) is 4.14. The van der Waals surface area contributed by atoms with Crippen LogP contribution in [0.15, 0.2) is 29.2 Å². The van der Waals surface area contributed by atoms with Crippen molar-refractivity contribution in [3.05, 3.63) is 29.8 Å². The van der Waals surface area contributed by atoms with E-state index in [1.54, 1.807) is 12.1 Å². The molecule has 0 atom stereocenters. The Morgan fingerprint density at radius 2 is 1.89 bits per heavy atom.